The molecule has 4 heterocycles. The number of nitrogens with one attached hydrogen (secondary N) is 2. The highest BCUT2D eigenvalue weighted by Gasteiger charge is 2.22. The number of carbonyl (C=O) groups excluding carboxylic acids is 1. The molecule has 1 aliphatic rings. The third-order valence-corrected chi connectivity index (χ3v) is 5.55. The molecule has 1 saturated heterocycles. The molecule has 1 aliphatic heterocycles. The van der Waals surface area contributed by atoms with Gasteiger partial charge >= 0.3 is 0 Å². The van der Waals surface area contributed by atoms with E-state index < -0.39 is 0 Å². The lowest BCUT2D eigenvalue weighted by atomic mass is 10.0. The van der Waals surface area contributed by atoms with Crippen molar-refractivity contribution >= 4 is 22.6 Å². The lowest BCUT2D eigenvalue weighted by Crippen LogP contribution is -2.30. The molecular weight excluding hydrogens is 382 g/mol. The number of hydrogen-bond donors (Lipinski definition) is 2. The number of aryl methyl sites for hydroxylation is 2. The van der Waals surface area contributed by atoms with Crippen molar-refractivity contribution in [3.05, 3.63) is 41.6 Å². The van der Waals surface area contributed by atoms with Crippen LogP contribution in [0, 0.1) is 0 Å². The number of hydrogen-bond acceptors (Lipinski definition) is 6. The maximum Gasteiger partial charge on any atom is 0.227 e. The summed E-state index contributed by atoms with van der Waals surface area (Å²) in [7, 11) is 0. The van der Waals surface area contributed by atoms with Crippen LogP contribution in [-0.2, 0) is 35.5 Å². The van der Waals surface area contributed by atoms with Gasteiger partial charge in [0, 0.05) is 43.6 Å². The highest BCUT2D eigenvalue weighted by Crippen LogP contribution is 2.31. The molecule has 0 bridgehead atoms. The van der Waals surface area contributed by atoms with Crippen molar-refractivity contribution in [1.29, 1.82) is 0 Å². The van der Waals surface area contributed by atoms with Gasteiger partial charge in [-0.15, -0.1) is 0 Å². The van der Waals surface area contributed by atoms with E-state index in [1.165, 1.54) is 0 Å². The number of anilines is 1. The van der Waals surface area contributed by atoms with Gasteiger partial charge in [0.2, 0.25) is 5.91 Å². The van der Waals surface area contributed by atoms with E-state index >= 15 is 0 Å². The van der Waals surface area contributed by atoms with Crippen LogP contribution < -0.4 is 10.6 Å². The summed E-state index contributed by atoms with van der Waals surface area (Å²) in [6.45, 7) is 6.84. The molecule has 160 valence electrons. The smallest absolute Gasteiger partial charge is 0.227 e. The van der Waals surface area contributed by atoms with Crippen molar-refractivity contribution < 1.29 is 13.9 Å². The van der Waals surface area contributed by atoms with Crippen molar-refractivity contribution in [3.63, 3.8) is 0 Å². The second kappa shape index (κ2) is 9.30. The maximum atomic E-state index is 12.5. The quantitative estimate of drug-likeness (QED) is 0.592. The molecule has 3 aromatic rings. The average molecular weight is 412 g/mol. The largest absolute Gasteiger partial charge is 0.469 e. The van der Waals surface area contributed by atoms with Crippen molar-refractivity contribution in [2.75, 3.05) is 18.5 Å². The first-order chi connectivity index (χ1) is 14.7. The van der Waals surface area contributed by atoms with Crippen LogP contribution in [-0.4, -0.2) is 39.9 Å². The van der Waals surface area contributed by atoms with E-state index in [2.05, 4.69) is 29.6 Å². The van der Waals surface area contributed by atoms with Gasteiger partial charge in [-0.2, -0.15) is 5.10 Å². The van der Waals surface area contributed by atoms with Gasteiger partial charge in [0.05, 0.1) is 30.0 Å². The van der Waals surface area contributed by atoms with Gasteiger partial charge in [0.25, 0.3) is 0 Å². The number of rotatable bonds is 8. The summed E-state index contributed by atoms with van der Waals surface area (Å²) in [5.74, 6) is 0.579. The molecule has 0 radical (unpaired) electrons. The minimum atomic E-state index is -0.0756. The second-order valence-electron chi connectivity index (χ2n) is 7.53. The van der Waals surface area contributed by atoms with Crippen molar-refractivity contribution in [3.8, 4) is 0 Å². The summed E-state index contributed by atoms with van der Waals surface area (Å²) in [6.07, 6.45) is 6.37. The molecule has 8 heteroatoms. The number of amides is 1. The van der Waals surface area contributed by atoms with Crippen molar-refractivity contribution in [1.82, 2.24) is 20.1 Å². The molecule has 8 nitrogen and oxygen atoms in total. The molecular formula is C22H29N5O3. The first-order valence-corrected chi connectivity index (χ1v) is 10.7. The number of fused-ring (bicyclic) bond motifs is 1. The van der Waals surface area contributed by atoms with Gasteiger partial charge in [-0.3, -0.25) is 4.79 Å². The van der Waals surface area contributed by atoms with E-state index in [1.807, 2.05) is 16.9 Å². The molecule has 1 amide bonds. The molecule has 0 unspecified atom stereocenters. The molecule has 2 N–H and O–H groups in total. The SMILES string of the molecule is CCc1nc2c(cnn2CC)c(NC2CCOCC2)c1CNC(=O)Cc1ccco1. The Balaban J connectivity index is 1.64. The summed E-state index contributed by atoms with van der Waals surface area (Å²) in [5, 5.41) is 12.3. The zero-order valence-electron chi connectivity index (χ0n) is 17.6. The zero-order valence-corrected chi connectivity index (χ0v) is 17.6. The first-order valence-electron chi connectivity index (χ1n) is 10.7. The summed E-state index contributed by atoms with van der Waals surface area (Å²) in [5.41, 5.74) is 3.92. The third-order valence-electron chi connectivity index (χ3n) is 5.55. The van der Waals surface area contributed by atoms with Crippen LogP contribution >= 0.6 is 0 Å². The molecule has 0 saturated carbocycles. The van der Waals surface area contributed by atoms with E-state index in [4.69, 9.17) is 14.1 Å². The maximum absolute atomic E-state index is 12.5. The predicted octanol–water partition coefficient (Wildman–Crippen LogP) is 3.06. The highest BCUT2D eigenvalue weighted by atomic mass is 16.5. The van der Waals surface area contributed by atoms with E-state index in [0.717, 1.165) is 67.0 Å². The number of furan rings is 1. The fourth-order valence-electron chi connectivity index (χ4n) is 3.92. The number of aromatic nitrogens is 3. The monoisotopic (exact) mass is 411 g/mol. The van der Waals surface area contributed by atoms with E-state index in [9.17, 15) is 4.79 Å². The number of nitrogens with zero attached hydrogens (tertiary/aromatic N) is 3. The summed E-state index contributed by atoms with van der Waals surface area (Å²) >= 11 is 0. The zero-order chi connectivity index (χ0) is 20.9. The van der Waals surface area contributed by atoms with Gasteiger partial charge in [0.15, 0.2) is 5.65 Å². The normalized spacial score (nSPS) is 14.9. The van der Waals surface area contributed by atoms with Gasteiger partial charge in [-0.25, -0.2) is 9.67 Å². The summed E-state index contributed by atoms with van der Waals surface area (Å²) in [6, 6.07) is 3.93. The number of carbonyl (C=O) groups is 1. The van der Waals surface area contributed by atoms with Gasteiger partial charge < -0.3 is 19.8 Å². The van der Waals surface area contributed by atoms with Gasteiger partial charge in [-0.1, -0.05) is 6.92 Å². The van der Waals surface area contributed by atoms with E-state index in [1.54, 1.807) is 12.3 Å². The van der Waals surface area contributed by atoms with Crippen molar-refractivity contribution in [2.24, 2.45) is 0 Å². The lowest BCUT2D eigenvalue weighted by Gasteiger charge is -2.26. The van der Waals surface area contributed by atoms with Crippen LogP contribution in [0.1, 0.15) is 43.7 Å². The van der Waals surface area contributed by atoms with Crippen LogP contribution in [0.25, 0.3) is 11.0 Å². The Morgan fingerprint density at radius 3 is 2.83 bits per heavy atom. The lowest BCUT2D eigenvalue weighted by molar-refractivity contribution is -0.120. The molecule has 0 spiro atoms. The molecule has 4 rings (SSSR count). The molecule has 1 fully saturated rings. The Bertz CT molecular complexity index is 990. The Kier molecular flexibility index (Phi) is 6.32. The van der Waals surface area contributed by atoms with E-state index in [-0.39, 0.29) is 12.3 Å². The average Bonchev–Trinajstić information content (AvgIpc) is 3.42. The first kappa shape index (κ1) is 20.4. The molecule has 0 aliphatic carbocycles. The standard InChI is InChI=1S/C22H29N5O3/c1-3-19-17(13-23-20(28)12-16-6-5-9-30-16)21(25-15-7-10-29-11-8-15)18-14-24-27(4-2)22(18)26-19/h5-6,9,14-15H,3-4,7-8,10-13H2,1-2H3,(H,23,28)(H,25,26). The molecule has 3 aromatic heterocycles. The summed E-state index contributed by atoms with van der Waals surface area (Å²) < 4.78 is 12.7. The van der Waals surface area contributed by atoms with Crippen LogP contribution in [0.4, 0.5) is 5.69 Å². The Morgan fingerprint density at radius 1 is 1.30 bits per heavy atom. The second-order valence-corrected chi connectivity index (χ2v) is 7.53. The molecule has 30 heavy (non-hydrogen) atoms. The van der Waals surface area contributed by atoms with Crippen LogP contribution in [0.15, 0.2) is 29.0 Å². The van der Waals surface area contributed by atoms with Crippen LogP contribution in [0.3, 0.4) is 0 Å². The predicted molar refractivity (Wildman–Crippen MR) is 114 cm³/mol. The Hall–Kier alpha value is -2.87. The fourth-order valence-corrected chi connectivity index (χ4v) is 3.92. The minimum absolute atomic E-state index is 0.0756. The topological polar surface area (TPSA) is 94.2 Å². The van der Waals surface area contributed by atoms with E-state index in [0.29, 0.717) is 18.3 Å². The third kappa shape index (κ3) is 4.33. The highest BCUT2D eigenvalue weighted by molar-refractivity contribution is 5.92. The molecule has 0 aromatic carbocycles. The fraction of sp³-hybridized carbons (Fsp3) is 0.500. The van der Waals surface area contributed by atoms with Crippen LogP contribution in [0.5, 0.6) is 0 Å². The minimum Gasteiger partial charge on any atom is -0.469 e. The summed E-state index contributed by atoms with van der Waals surface area (Å²) in [4.78, 5) is 17.4. The number of pyridine rings is 1. The molecule has 0 atom stereocenters. The number of ether oxygens (including phenoxy) is 1. The van der Waals surface area contributed by atoms with Gasteiger partial charge in [0.1, 0.15) is 5.76 Å². The Morgan fingerprint density at radius 2 is 2.13 bits per heavy atom. The Labute approximate surface area is 176 Å². The van der Waals surface area contributed by atoms with Gasteiger partial charge in [-0.05, 0) is 38.3 Å². The van der Waals surface area contributed by atoms with Crippen LogP contribution in [0.2, 0.25) is 0 Å². The van der Waals surface area contributed by atoms with Crippen molar-refractivity contribution in [2.45, 2.75) is 58.7 Å².